The van der Waals surface area contributed by atoms with E-state index in [4.69, 9.17) is 0 Å². The standard InChI is InChI=1S/C15H17N3O/c1-2-12-15-13(17-16-12)8-11(9-14(15)18-19)10-6-4-3-5-7-10/h3-7,11,14H,2,8-9H2,1H3,(H,16,17). The van der Waals surface area contributed by atoms with Gasteiger partial charge >= 0.3 is 0 Å². The molecule has 2 aromatic rings. The molecule has 3 rings (SSSR count). The topological polar surface area (TPSA) is 58.1 Å². The Hall–Kier alpha value is -1.97. The van der Waals surface area contributed by atoms with Crippen LogP contribution in [-0.4, -0.2) is 10.2 Å². The lowest BCUT2D eigenvalue weighted by Crippen LogP contribution is -2.16. The van der Waals surface area contributed by atoms with Gasteiger partial charge in [0.2, 0.25) is 0 Å². The lowest BCUT2D eigenvalue weighted by Gasteiger charge is -2.26. The van der Waals surface area contributed by atoms with Crippen LogP contribution >= 0.6 is 0 Å². The Morgan fingerprint density at radius 2 is 2.16 bits per heavy atom. The highest BCUT2D eigenvalue weighted by molar-refractivity contribution is 5.35. The number of hydrogen-bond acceptors (Lipinski definition) is 3. The molecule has 4 nitrogen and oxygen atoms in total. The molecule has 0 aliphatic heterocycles. The lowest BCUT2D eigenvalue weighted by molar-refractivity contribution is 0.496. The molecular formula is C15H17N3O. The van der Waals surface area contributed by atoms with Crippen molar-refractivity contribution in [1.29, 1.82) is 0 Å². The zero-order valence-electron chi connectivity index (χ0n) is 11.0. The van der Waals surface area contributed by atoms with Crippen LogP contribution in [0, 0.1) is 4.91 Å². The van der Waals surface area contributed by atoms with Crippen molar-refractivity contribution in [2.45, 2.75) is 38.1 Å². The summed E-state index contributed by atoms with van der Waals surface area (Å²) >= 11 is 0. The van der Waals surface area contributed by atoms with Crippen molar-refractivity contribution in [1.82, 2.24) is 10.2 Å². The normalized spacial score (nSPS) is 21.9. The second kappa shape index (κ2) is 4.96. The Labute approximate surface area is 112 Å². The van der Waals surface area contributed by atoms with E-state index in [-0.39, 0.29) is 6.04 Å². The number of aromatic nitrogens is 2. The number of benzene rings is 1. The van der Waals surface area contributed by atoms with Crippen LogP contribution in [0.5, 0.6) is 0 Å². The molecule has 1 N–H and O–H groups in total. The molecule has 1 aliphatic carbocycles. The molecular weight excluding hydrogens is 238 g/mol. The van der Waals surface area contributed by atoms with Crippen molar-refractivity contribution in [3.8, 4) is 0 Å². The fourth-order valence-electron chi connectivity index (χ4n) is 3.04. The average molecular weight is 255 g/mol. The van der Waals surface area contributed by atoms with Crippen LogP contribution < -0.4 is 0 Å². The number of H-pyrrole nitrogens is 1. The summed E-state index contributed by atoms with van der Waals surface area (Å²) in [6, 6.07) is 10.1. The molecule has 1 heterocycles. The van der Waals surface area contributed by atoms with Crippen molar-refractivity contribution in [3.05, 3.63) is 57.8 Å². The van der Waals surface area contributed by atoms with Crippen LogP contribution in [0.25, 0.3) is 0 Å². The number of nitroso groups, excluding NO2 is 1. The highest BCUT2D eigenvalue weighted by Crippen LogP contribution is 2.41. The van der Waals surface area contributed by atoms with Crippen molar-refractivity contribution in [3.63, 3.8) is 0 Å². The molecule has 98 valence electrons. The molecule has 1 aliphatic rings. The first-order valence-corrected chi connectivity index (χ1v) is 6.76. The van der Waals surface area contributed by atoms with E-state index in [0.29, 0.717) is 5.92 Å². The molecule has 0 saturated heterocycles. The summed E-state index contributed by atoms with van der Waals surface area (Å²) in [7, 11) is 0. The van der Waals surface area contributed by atoms with Gasteiger partial charge in [-0.3, -0.25) is 5.10 Å². The van der Waals surface area contributed by atoms with Crippen molar-refractivity contribution >= 4 is 0 Å². The average Bonchev–Trinajstić information content (AvgIpc) is 2.90. The minimum absolute atomic E-state index is 0.261. The second-order valence-corrected chi connectivity index (χ2v) is 5.08. The quantitative estimate of drug-likeness (QED) is 0.853. The molecule has 0 amide bonds. The molecule has 0 saturated carbocycles. The van der Waals surface area contributed by atoms with Gasteiger partial charge in [0.1, 0.15) is 6.04 Å². The van der Waals surface area contributed by atoms with E-state index >= 15 is 0 Å². The Kier molecular flexibility index (Phi) is 3.15. The largest absolute Gasteiger partial charge is 0.282 e. The van der Waals surface area contributed by atoms with E-state index in [9.17, 15) is 4.91 Å². The fraction of sp³-hybridized carbons (Fsp3) is 0.400. The Balaban J connectivity index is 1.97. The zero-order chi connectivity index (χ0) is 13.2. The lowest BCUT2D eigenvalue weighted by atomic mass is 9.79. The maximum Gasteiger partial charge on any atom is 0.121 e. The van der Waals surface area contributed by atoms with Crippen LogP contribution in [0.1, 0.15) is 47.8 Å². The van der Waals surface area contributed by atoms with Crippen LogP contribution in [0.3, 0.4) is 0 Å². The van der Waals surface area contributed by atoms with Gasteiger partial charge in [0.05, 0.1) is 5.69 Å². The van der Waals surface area contributed by atoms with E-state index in [2.05, 4.69) is 34.4 Å². The SMILES string of the molecule is CCc1n[nH]c2c1C(N=O)CC(c1ccccc1)C2. The van der Waals surface area contributed by atoms with Gasteiger partial charge in [-0.15, -0.1) is 0 Å². The third-order valence-electron chi connectivity index (χ3n) is 3.99. The minimum atomic E-state index is -0.261. The monoisotopic (exact) mass is 255 g/mol. The molecule has 2 atom stereocenters. The van der Waals surface area contributed by atoms with Crippen molar-refractivity contribution in [2.75, 3.05) is 0 Å². The highest BCUT2D eigenvalue weighted by atomic mass is 16.3. The molecule has 0 fully saturated rings. The summed E-state index contributed by atoms with van der Waals surface area (Å²) in [5, 5.41) is 10.7. The van der Waals surface area contributed by atoms with Gasteiger partial charge in [-0.1, -0.05) is 42.4 Å². The van der Waals surface area contributed by atoms with Crippen LogP contribution in [-0.2, 0) is 12.8 Å². The molecule has 0 radical (unpaired) electrons. The van der Waals surface area contributed by atoms with Gasteiger partial charge < -0.3 is 0 Å². The third-order valence-corrected chi connectivity index (χ3v) is 3.99. The summed E-state index contributed by atoms with van der Waals surface area (Å²) in [6.45, 7) is 2.06. The highest BCUT2D eigenvalue weighted by Gasteiger charge is 2.32. The first-order chi connectivity index (χ1) is 9.33. The van der Waals surface area contributed by atoms with Crippen LogP contribution in [0.2, 0.25) is 0 Å². The number of rotatable bonds is 3. The Morgan fingerprint density at radius 1 is 1.37 bits per heavy atom. The van der Waals surface area contributed by atoms with Gasteiger partial charge in [0.25, 0.3) is 0 Å². The Morgan fingerprint density at radius 3 is 2.84 bits per heavy atom. The molecule has 4 heteroatoms. The molecule has 0 bridgehead atoms. The predicted octanol–water partition coefficient (Wildman–Crippen LogP) is 3.51. The van der Waals surface area contributed by atoms with Crippen molar-refractivity contribution < 1.29 is 0 Å². The fourth-order valence-corrected chi connectivity index (χ4v) is 3.04. The second-order valence-electron chi connectivity index (χ2n) is 5.08. The number of aryl methyl sites for hydroxylation is 1. The van der Waals surface area contributed by atoms with Crippen molar-refractivity contribution in [2.24, 2.45) is 5.18 Å². The van der Waals surface area contributed by atoms with Crippen LogP contribution in [0.15, 0.2) is 35.5 Å². The van der Waals surface area contributed by atoms with Gasteiger partial charge in [0.15, 0.2) is 0 Å². The van der Waals surface area contributed by atoms with Gasteiger partial charge in [-0.25, -0.2) is 0 Å². The minimum Gasteiger partial charge on any atom is -0.282 e. The van der Waals surface area contributed by atoms with E-state index < -0.39 is 0 Å². The number of aromatic amines is 1. The summed E-state index contributed by atoms with van der Waals surface area (Å²) in [5.41, 5.74) is 4.40. The van der Waals surface area contributed by atoms with E-state index in [1.165, 1.54) is 5.56 Å². The summed E-state index contributed by atoms with van der Waals surface area (Å²) in [6.07, 6.45) is 2.54. The summed E-state index contributed by atoms with van der Waals surface area (Å²) in [5.74, 6) is 0.349. The van der Waals surface area contributed by atoms with Crippen LogP contribution in [0.4, 0.5) is 0 Å². The van der Waals surface area contributed by atoms with E-state index in [1.54, 1.807) is 0 Å². The maximum absolute atomic E-state index is 11.2. The zero-order valence-corrected chi connectivity index (χ0v) is 11.0. The first kappa shape index (κ1) is 12.1. The molecule has 0 spiro atoms. The van der Waals surface area contributed by atoms with E-state index in [0.717, 1.165) is 36.2 Å². The maximum atomic E-state index is 11.2. The number of nitrogens with zero attached hydrogens (tertiary/aromatic N) is 2. The number of fused-ring (bicyclic) bond motifs is 1. The first-order valence-electron chi connectivity index (χ1n) is 6.76. The smallest absolute Gasteiger partial charge is 0.121 e. The van der Waals surface area contributed by atoms with E-state index in [1.807, 2.05) is 18.2 Å². The third kappa shape index (κ3) is 2.07. The Bertz CT molecular complexity index is 576. The van der Waals surface area contributed by atoms with Gasteiger partial charge in [0, 0.05) is 11.3 Å². The summed E-state index contributed by atoms with van der Waals surface area (Å²) in [4.78, 5) is 11.2. The van der Waals surface area contributed by atoms with Gasteiger partial charge in [-0.2, -0.15) is 10.0 Å². The van der Waals surface area contributed by atoms with Gasteiger partial charge in [-0.05, 0) is 30.7 Å². The molecule has 1 aromatic heterocycles. The summed E-state index contributed by atoms with van der Waals surface area (Å²) < 4.78 is 0. The number of hydrogen-bond donors (Lipinski definition) is 1. The molecule has 2 unspecified atom stereocenters. The predicted molar refractivity (Wildman–Crippen MR) is 74.0 cm³/mol. The molecule has 19 heavy (non-hydrogen) atoms. The number of nitrogens with one attached hydrogen (secondary N) is 1. The molecule has 1 aromatic carbocycles.